The number of carbonyl (C=O) groups is 1. The number of halogens is 4. The quantitative estimate of drug-likeness (QED) is 0.780. The number of amides is 1. The number of aliphatic hydroxyl groups is 2. The minimum absolute atomic E-state index is 0.188. The molecule has 8 heteroatoms. The van der Waals surface area contributed by atoms with Gasteiger partial charge in [-0.25, -0.2) is 0 Å². The fourth-order valence-electron chi connectivity index (χ4n) is 1.36. The Morgan fingerprint density at radius 2 is 1.89 bits per heavy atom. The average Bonchev–Trinajstić information content (AvgIpc) is 2.25. The van der Waals surface area contributed by atoms with E-state index in [1.165, 1.54) is 0 Å². The Hall–Kier alpha value is -1.31. The van der Waals surface area contributed by atoms with E-state index in [-0.39, 0.29) is 5.02 Å². The molecule has 0 aliphatic carbocycles. The van der Waals surface area contributed by atoms with Crippen LogP contribution in [-0.4, -0.2) is 22.2 Å². The zero-order valence-electron chi connectivity index (χ0n) is 8.78. The summed E-state index contributed by atoms with van der Waals surface area (Å²) in [5.74, 6) is -1.33. The van der Waals surface area contributed by atoms with Crippen LogP contribution in [0.2, 0.25) is 5.02 Å². The summed E-state index contributed by atoms with van der Waals surface area (Å²) in [6, 6.07) is 2.57. The van der Waals surface area contributed by atoms with Gasteiger partial charge >= 0.3 is 6.18 Å². The second-order valence-corrected chi connectivity index (χ2v) is 3.96. The Labute approximate surface area is 105 Å². The molecule has 0 bridgehead atoms. The molecule has 0 fully saturated rings. The molecule has 0 aromatic heterocycles. The van der Waals surface area contributed by atoms with Crippen molar-refractivity contribution in [3.8, 4) is 0 Å². The molecule has 0 heterocycles. The lowest BCUT2D eigenvalue weighted by Crippen LogP contribution is -2.34. The highest BCUT2D eigenvalue weighted by Gasteiger charge is 2.37. The van der Waals surface area contributed by atoms with Gasteiger partial charge in [0.2, 0.25) is 5.91 Å². The number of benzene rings is 1. The second kappa shape index (κ2) is 5.13. The molecule has 2 atom stereocenters. The Kier molecular flexibility index (Phi) is 4.20. The van der Waals surface area contributed by atoms with E-state index in [9.17, 15) is 28.2 Å². The highest BCUT2D eigenvalue weighted by atomic mass is 35.5. The summed E-state index contributed by atoms with van der Waals surface area (Å²) >= 11 is 5.43. The van der Waals surface area contributed by atoms with E-state index in [1.54, 1.807) is 0 Å². The molecule has 18 heavy (non-hydrogen) atoms. The van der Waals surface area contributed by atoms with Crippen LogP contribution in [0, 0.1) is 0 Å². The lowest BCUT2D eigenvalue weighted by atomic mass is 9.98. The molecule has 0 spiro atoms. The lowest BCUT2D eigenvalue weighted by molar-refractivity contribution is -0.142. The molecule has 0 saturated heterocycles. The number of primary amides is 1. The van der Waals surface area contributed by atoms with E-state index in [4.69, 9.17) is 17.3 Å². The topological polar surface area (TPSA) is 83.6 Å². The Morgan fingerprint density at radius 1 is 1.33 bits per heavy atom. The van der Waals surface area contributed by atoms with E-state index >= 15 is 0 Å². The number of aliphatic hydroxyl groups excluding tert-OH is 2. The first kappa shape index (κ1) is 14.7. The summed E-state index contributed by atoms with van der Waals surface area (Å²) in [6.45, 7) is 0. The summed E-state index contributed by atoms with van der Waals surface area (Å²) in [4.78, 5) is 10.6. The maximum absolute atomic E-state index is 12.7. The molecule has 0 aliphatic rings. The molecule has 0 saturated carbocycles. The third kappa shape index (κ3) is 3.12. The van der Waals surface area contributed by atoms with Crippen molar-refractivity contribution < 1.29 is 28.2 Å². The van der Waals surface area contributed by atoms with E-state index in [1.807, 2.05) is 0 Å². The number of hydrogen-bond donors (Lipinski definition) is 3. The zero-order chi connectivity index (χ0) is 14.1. The predicted octanol–water partition coefficient (Wildman–Crippen LogP) is 1.24. The third-order valence-electron chi connectivity index (χ3n) is 2.23. The van der Waals surface area contributed by atoms with Gasteiger partial charge in [-0.05, 0) is 17.7 Å². The molecule has 2 unspecified atom stereocenters. The minimum atomic E-state index is -4.78. The Morgan fingerprint density at radius 3 is 2.33 bits per heavy atom. The molecule has 1 aromatic carbocycles. The third-order valence-corrected chi connectivity index (χ3v) is 2.47. The molecule has 1 amide bonds. The van der Waals surface area contributed by atoms with Gasteiger partial charge in [0, 0.05) is 5.02 Å². The number of hydrogen-bond acceptors (Lipinski definition) is 3. The molecular formula is C10H9ClF3NO3. The molecule has 1 rings (SSSR count). The van der Waals surface area contributed by atoms with Crippen molar-refractivity contribution in [3.63, 3.8) is 0 Å². The smallest absolute Gasteiger partial charge is 0.385 e. The van der Waals surface area contributed by atoms with Crippen LogP contribution in [0.3, 0.4) is 0 Å². The van der Waals surface area contributed by atoms with Crippen molar-refractivity contribution in [3.05, 3.63) is 34.3 Å². The van der Waals surface area contributed by atoms with Gasteiger partial charge < -0.3 is 15.9 Å². The summed E-state index contributed by atoms with van der Waals surface area (Å²) in [5, 5.41) is 18.5. The van der Waals surface area contributed by atoms with Crippen molar-refractivity contribution >= 4 is 17.5 Å². The van der Waals surface area contributed by atoms with Crippen LogP contribution in [0.25, 0.3) is 0 Å². The van der Waals surface area contributed by atoms with Gasteiger partial charge in [0.15, 0.2) is 6.10 Å². The molecule has 0 radical (unpaired) electrons. The van der Waals surface area contributed by atoms with Crippen LogP contribution in [-0.2, 0) is 11.0 Å². The molecule has 1 aromatic rings. The van der Waals surface area contributed by atoms with Crippen LogP contribution >= 0.6 is 11.6 Å². The van der Waals surface area contributed by atoms with Gasteiger partial charge in [0.25, 0.3) is 0 Å². The summed E-state index contributed by atoms with van der Waals surface area (Å²) < 4.78 is 38.1. The molecule has 0 aliphatic heterocycles. The maximum Gasteiger partial charge on any atom is 0.416 e. The van der Waals surface area contributed by atoms with Gasteiger partial charge in [0.05, 0.1) is 5.56 Å². The van der Waals surface area contributed by atoms with Crippen molar-refractivity contribution in [1.29, 1.82) is 0 Å². The Bertz CT molecular complexity index is 464. The highest BCUT2D eigenvalue weighted by Crippen LogP contribution is 2.37. The van der Waals surface area contributed by atoms with Gasteiger partial charge in [-0.15, -0.1) is 0 Å². The first-order valence-electron chi connectivity index (χ1n) is 4.66. The Balaban J connectivity index is 3.28. The monoisotopic (exact) mass is 283 g/mol. The highest BCUT2D eigenvalue weighted by molar-refractivity contribution is 6.30. The molecule has 4 nitrogen and oxygen atoms in total. The maximum atomic E-state index is 12.7. The van der Waals surface area contributed by atoms with E-state index in [2.05, 4.69) is 0 Å². The zero-order valence-corrected chi connectivity index (χ0v) is 9.53. The molecule has 4 N–H and O–H groups in total. The van der Waals surface area contributed by atoms with E-state index in [0.29, 0.717) is 6.07 Å². The van der Waals surface area contributed by atoms with E-state index in [0.717, 1.165) is 12.1 Å². The van der Waals surface area contributed by atoms with Crippen molar-refractivity contribution in [2.24, 2.45) is 5.73 Å². The van der Waals surface area contributed by atoms with Gasteiger partial charge in [-0.2, -0.15) is 13.2 Å². The predicted molar refractivity (Wildman–Crippen MR) is 56.6 cm³/mol. The van der Waals surface area contributed by atoms with Crippen molar-refractivity contribution in [2.75, 3.05) is 0 Å². The van der Waals surface area contributed by atoms with Gasteiger partial charge in [0.1, 0.15) is 6.10 Å². The van der Waals surface area contributed by atoms with E-state index < -0.39 is 35.4 Å². The first-order valence-corrected chi connectivity index (χ1v) is 5.04. The standard InChI is InChI=1S/C10H9ClF3NO3/c11-4-1-2-5(6(3-4)10(12,13)14)7(16)8(17)9(15)18/h1-3,7-8,16-17H,(H2,15,18). The average molecular weight is 284 g/mol. The van der Waals surface area contributed by atoms with Crippen molar-refractivity contribution in [2.45, 2.75) is 18.4 Å². The molecule has 100 valence electrons. The lowest BCUT2D eigenvalue weighted by Gasteiger charge is -2.20. The molecular weight excluding hydrogens is 275 g/mol. The fraction of sp³-hybridized carbons (Fsp3) is 0.300. The van der Waals surface area contributed by atoms with Crippen LogP contribution in [0.5, 0.6) is 0 Å². The number of carbonyl (C=O) groups excluding carboxylic acids is 1. The number of alkyl halides is 3. The van der Waals surface area contributed by atoms with Crippen molar-refractivity contribution in [1.82, 2.24) is 0 Å². The van der Waals surface area contributed by atoms with Crippen LogP contribution in [0.1, 0.15) is 17.2 Å². The normalized spacial score (nSPS) is 15.2. The second-order valence-electron chi connectivity index (χ2n) is 3.52. The van der Waals surface area contributed by atoms with Gasteiger partial charge in [-0.1, -0.05) is 17.7 Å². The van der Waals surface area contributed by atoms with Crippen LogP contribution in [0.4, 0.5) is 13.2 Å². The largest absolute Gasteiger partial charge is 0.416 e. The fourth-order valence-corrected chi connectivity index (χ4v) is 1.53. The minimum Gasteiger partial charge on any atom is -0.385 e. The summed E-state index contributed by atoms with van der Waals surface area (Å²) in [7, 11) is 0. The summed E-state index contributed by atoms with van der Waals surface area (Å²) in [6.07, 6.45) is -8.98. The number of nitrogens with two attached hydrogens (primary N) is 1. The first-order chi connectivity index (χ1) is 8.14. The van der Waals surface area contributed by atoms with Crippen LogP contribution < -0.4 is 5.73 Å². The SMILES string of the molecule is NC(=O)C(O)C(O)c1ccc(Cl)cc1C(F)(F)F. The van der Waals surface area contributed by atoms with Gasteiger partial charge in [-0.3, -0.25) is 4.79 Å². The number of rotatable bonds is 3. The van der Waals surface area contributed by atoms with Crippen LogP contribution in [0.15, 0.2) is 18.2 Å². The summed E-state index contributed by atoms with van der Waals surface area (Å²) in [5.41, 5.74) is 2.81.